The second-order valence-electron chi connectivity index (χ2n) is 9.47. The molecular weight excluding hydrogens is 474 g/mol. The van der Waals surface area contributed by atoms with E-state index in [2.05, 4.69) is 22.5 Å². The van der Waals surface area contributed by atoms with E-state index in [1.807, 2.05) is 37.3 Å². The molecule has 2 amide bonds. The minimum atomic E-state index is -0.217. The van der Waals surface area contributed by atoms with Crippen LogP contribution in [0.4, 0.5) is 11.4 Å². The SMILES string of the molecule is C=CC(=O)CCC1CCOc2ccc(NC(=O)c3ccc4sc5c(c4c3)NCC(C)NC5=O)cc2C1. The lowest BCUT2D eigenvalue weighted by Gasteiger charge is -2.13. The second kappa shape index (κ2) is 10.1. The molecule has 5 rings (SSSR count). The van der Waals surface area contributed by atoms with Crippen LogP contribution in [0, 0.1) is 5.92 Å². The van der Waals surface area contributed by atoms with Crippen molar-refractivity contribution in [2.45, 2.75) is 38.6 Å². The van der Waals surface area contributed by atoms with Gasteiger partial charge >= 0.3 is 0 Å². The van der Waals surface area contributed by atoms with Gasteiger partial charge in [0.2, 0.25) is 0 Å². The summed E-state index contributed by atoms with van der Waals surface area (Å²) in [6.45, 7) is 6.75. The number of amides is 2. The first-order valence-electron chi connectivity index (χ1n) is 12.2. The lowest BCUT2D eigenvalue weighted by Crippen LogP contribution is -2.34. The van der Waals surface area contributed by atoms with E-state index in [9.17, 15) is 14.4 Å². The molecule has 0 saturated heterocycles. The van der Waals surface area contributed by atoms with E-state index in [-0.39, 0.29) is 23.6 Å². The zero-order valence-electron chi connectivity index (χ0n) is 20.2. The summed E-state index contributed by atoms with van der Waals surface area (Å²) in [7, 11) is 0. The molecule has 3 aromatic rings. The Balaban J connectivity index is 1.34. The molecule has 186 valence electrons. The van der Waals surface area contributed by atoms with Gasteiger partial charge in [-0.2, -0.15) is 0 Å². The number of allylic oxidation sites excluding steroid dienone is 1. The Labute approximate surface area is 213 Å². The highest BCUT2D eigenvalue weighted by atomic mass is 32.1. The van der Waals surface area contributed by atoms with E-state index in [0.29, 0.717) is 41.6 Å². The molecule has 2 aromatic carbocycles. The maximum absolute atomic E-state index is 13.2. The largest absolute Gasteiger partial charge is 0.493 e. The van der Waals surface area contributed by atoms with Crippen LogP contribution in [0.25, 0.3) is 10.1 Å². The molecule has 0 spiro atoms. The van der Waals surface area contributed by atoms with Crippen LogP contribution in [0.15, 0.2) is 49.1 Å². The monoisotopic (exact) mass is 503 g/mol. The third kappa shape index (κ3) is 4.99. The lowest BCUT2D eigenvalue weighted by molar-refractivity contribution is -0.114. The van der Waals surface area contributed by atoms with Crippen LogP contribution < -0.4 is 20.7 Å². The van der Waals surface area contributed by atoms with Gasteiger partial charge in [0.15, 0.2) is 5.78 Å². The summed E-state index contributed by atoms with van der Waals surface area (Å²) >= 11 is 1.43. The number of carbonyl (C=O) groups excluding carboxylic acids is 3. The Hall–Kier alpha value is -3.65. The zero-order valence-corrected chi connectivity index (χ0v) is 21.0. The molecule has 7 nitrogen and oxygen atoms in total. The standard InChI is InChI=1S/C28H29N3O4S/c1-3-21(32)7-4-17-10-11-35-23-8-6-20(13-19(23)12-17)31-27(33)18-5-9-24-22(14-18)25-26(36-24)28(34)30-16(2)15-29-25/h3,5-6,8-9,13-14,16-17,29H,1,4,7,10-12,15H2,2H3,(H,30,34)(H,31,33). The van der Waals surface area contributed by atoms with Crippen LogP contribution in [0.1, 0.15) is 51.8 Å². The Morgan fingerprint density at radius 1 is 1.25 bits per heavy atom. The van der Waals surface area contributed by atoms with E-state index in [1.165, 1.54) is 17.4 Å². The molecule has 1 aromatic heterocycles. The van der Waals surface area contributed by atoms with Crippen LogP contribution in [0.3, 0.4) is 0 Å². The Morgan fingerprint density at radius 3 is 2.94 bits per heavy atom. The Kier molecular flexibility index (Phi) is 6.78. The third-order valence-corrected chi connectivity index (χ3v) is 7.93. The minimum Gasteiger partial charge on any atom is -0.493 e. The number of ketones is 1. The van der Waals surface area contributed by atoms with E-state index < -0.39 is 0 Å². The van der Waals surface area contributed by atoms with Crippen molar-refractivity contribution in [3.8, 4) is 5.75 Å². The van der Waals surface area contributed by atoms with Crippen LogP contribution >= 0.6 is 11.3 Å². The number of thiophene rings is 1. The normalized spacial score (nSPS) is 19.0. The Morgan fingerprint density at radius 2 is 2.11 bits per heavy atom. The first kappa shape index (κ1) is 24.1. The molecule has 2 unspecified atom stereocenters. The molecular formula is C28H29N3O4S. The average molecular weight is 504 g/mol. The van der Waals surface area contributed by atoms with Crippen molar-refractivity contribution in [2.24, 2.45) is 5.92 Å². The maximum atomic E-state index is 13.2. The second-order valence-corrected chi connectivity index (χ2v) is 10.5. The molecule has 8 heteroatoms. The van der Waals surface area contributed by atoms with Gasteiger partial charge in [-0.25, -0.2) is 0 Å². The fraction of sp³-hybridized carbons (Fsp3) is 0.321. The van der Waals surface area contributed by atoms with Crippen molar-refractivity contribution in [3.05, 3.63) is 65.1 Å². The molecule has 0 bridgehead atoms. The summed E-state index contributed by atoms with van der Waals surface area (Å²) < 4.78 is 6.87. The summed E-state index contributed by atoms with van der Waals surface area (Å²) in [6.07, 6.45) is 4.34. The summed E-state index contributed by atoms with van der Waals surface area (Å²) in [5.41, 5.74) is 3.04. The van der Waals surface area contributed by atoms with E-state index in [0.717, 1.165) is 46.3 Å². The third-order valence-electron chi connectivity index (χ3n) is 6.76. The van der Waals surface area contributed by atoms with Crippen LogP contribution in [0.5, 0.6) is 5.75 Å². The molecule has 36 heavy (non-hydrogen) atoms. The molecule has 0 radical (unpaired) electrons. The Bertz CT molecular complexity index is 1360. The van der Waals surface area contributed by atoms with E-state index >= 15 is 0 Å². The summed E-state index contributed by atoms with van der Waals surface area (Å²) in [5.74, 6) is 0.919. The number of hydrogen-bond donors (Lipinski definition) is 3. The molecule has 0 saturated carbocycles. The first-order chi connectivity index (χ1) is 17.4. The van der Waals surface area contributed by atoms with Gasteiger partial charge in [-0.1, -0.05) is 6.58 Å². The number of anilines is 2. The maximum Gasteiger partial charge on any atom is 0.263 e. The van der Waals surface area contributed by atoms with Crippen LogP contribution in [-0.2, 0) is 11.2 Å². The van der Waals surface area contributed by atoms with E-state index in [1.54, 1.807) is 6.07 Å². The quantitative estimate of drug-likeness (QED) is 0.403. The van der Waals surface area contributed by atoms with Crippen molar-refractivity contribution in [1.29, 1.82) is 0 Å². The first-order valence-corrected chi connectivity index (χ1v) is 13.1. The van der Waals surface area contributed by atoms with Crippen molar-refractivity contribution < 1.29 is 19.1 Å². The topological polar surface area (TPSA) is 96.5 Å². The number of carbonyl (C=O) groups is 3. The molecule has 0 fully saturated rings. The lowest BCUT2D eigenvalue weighted by atomic mass is 9.91. The number of ether oxygens (including phenoxy) is 1. The predicted molar refractivity (Wildman–Crippen MR) is 143 cm³/mol. The number of nitrogens with one attached hydrogen (secondary N) is 3. The van der Waals surface area contributed by atoms with Gasteiger partial charge in [0.05, 0.1) is 12.3 Å². The van der Waals surface area contributed by atoms with Gasteiger partial charge in [0.25, 0.3) is 11.8 Å². The van der Waals surface area contributed by atoms with Crippen molar-refractivity contribution in [3.63, 3.8) is 0 Å². The van der Waals surface area contributed by atoms with Gasteiger partial charge in [-0.3, -0.25) is 14.4 Å². The molecule has 2 aliphatic heterocycles. The predicted octanol–water partition coefficient (Wildman–Crippen LogP) is 5.17. The minimum absolute atomic E-state index is 0.0258. The molecule has 2 atom stereocenters. The van der Waals surface area contributed by atoms with Crippen molar-refractivity contribution in [2.75, 3.05) is 23.8 Å². The molecule has 3 N–H and O–H groups in total. The number of fused-ring (bicyclic) bond motifs is 4. The molecule has 0 aliphatic carbocycles. The average Bonchev–Trinajstić information content (AvgIpc) is 3.02. The number of hydrogen-bond acceptors (Lipinski definition) is 6. The fourth-order valence-electron chi connectivity index (χ4n) is 4.77. The highest BCUT2D eigenvalue weighted by Crippen LogP contribution is 2.38. The highest BCUT2D eigenvalue weighted by molar-refractivity contribution is 7.21. The van der Waals surface area contributed by atoms with Crippen LogP contribution in [-0.4, -0.2) is 36.8 Å². The van der Waals surface area contributed by atoms with Gasteiger partial charge in [0.1, 0.15) is 10.6 Å². The van der Waals surface area contributed by atoms with Gasteiger partial charge in [-0.15, -0.1) is 11.3 Å². The smallest absolute Gasteiger partial charge is 0.263 e. The zero-order chi connectivity index (χ0) is 25.2. The van der Waals surface area contributed by atoms with Crippen LogP contribution in [0.2, 0.25) is 0 Å². The molecule has 2 aliphatic rings. The molecule has 3 heterocycles. The number of rotatable bonds is 6. The van der Waals surface area contributed by atoms with E-state index in [4.69, 9.17) is 4.74 Å². The van der Waals surface area contributed by atoms with Crippen molar-refractivity contribution >= 4 is 50.4 Å². The van der Waals surface area contributed by atoms with Gasteiger partial charge in [0, 0.05) is 40.3 Å². The van der Waals surface area contributed by atoms with Gasteiger partial charge < -0.3 is 20.7 Å². The summed E-state index contributed by atoms with van der Waals surface area (Å²) in [6, 6.07) is 11.3. The highest BCUT2D eigenvalue weighted by Gasteiger charge is 2.24. The summed E-state index contributed by atoms with van der Waals surface area (Å²) in [5, 5.41) is 10.2. The van der Waals surface area contributed by atoms with Crippen molar-refractivity contribution in [1.82, 2.24) is 5.32 Å². The fourth-order valence-corrected chi connectivity index (χ4v) is 5.84. The van der Waals surface area contributed by atoms with Gasteiger partial charge in [-0.05, 0) is 80.1 Å². The number of benzene rings is 2. The summed E-state index contributed by atoms with van der Waals surface area (Å²) in [4.78, 5) is 38.0.